The Kier molecular flexibility index (Phi) is 4.97. The van der Waals surface area contributed by atoms with Gasteiger partial charge in [0.05, 0.1) is 0 Å². The number of nitrogens with one attached hydrogen (secondary N) is 1. The third-order valence-corrected chi connectivity index (χ3v) is 5.46. The zero-order chi connectivity index (χ0) is 18.8. The van der Waals surface area contributed by atoms with E-state index in [2.05, 4.69) is 45.5 Å². The first-order valence-corrected chi connectivity index (χ1v) is 9.84. The van der Waals surface area contributed by atoms with Crippen molar-refractivity contribution in [3.63, 3.8) is 0 Å². The summed E-state index contributed by atoms with van der Waals surface area (Å²) < 4.78 is 2.10. The number of imidazole rings is 1. The van der Waals surface area contributed by atoms with Gasteiger partial charge in [0.15, 0.2) is 0 Å². The molecule has 4 rings (SSSR count). The number of hydrogen-bond donors (Lipinski definition) is 1. The average Bonchev–Trinajstić information content (AvgIpc) is 3.33. The lowest BCUT2D eigenvalue weighted by Gasteiger charge is -2.32. The minimum atomic E-state index is 0.234. The Labute approximate surface area is 159 Å². The van der Waals surface area contributed by atoms with Crippen molar-refractivity contribution in [2.24, 2.45) is 0 Å². The topological polar surface area (TPSA) is 66.8 Å². The van der Waals surface area contributed by atoms with Gasteiger partial charge < -0.3 is 14.5 Å². The zero-order valence-corrected chi connectivity index (χ0v) is 16.1. The highest BCUT2D eigenvalue weighted by Crippen LogP contribution is 2.28. The van der Waals surface area contributed by atoms with Crippen LogP contribution in [0.4, 0.5) is 0 Å². The maximum absolute atomic E-state index is 12.8. The summed E-state index contributed by atoms with van der Waals surface area (Å²) >= 11 is 0. The molecule has 0 radical (unpaired) electrons. The number of nitrogens with zero attached hydrogens (tertiary/aromatic N) is 4. The van der Waals surface area contributed by atoms with Crippen LogP contribution < -0.4 is 0 Å². The highest BCUT2D eigenvalue weighted by atomic mass is 16.2. The molecule has 0 spiro atoms. The number of aryl methyl sites for hydroxylation is 1. The molecule has 0 aliphatic carbocycles. The van der Waals surface area contributed by atoms with Gasteiger partial charge in [0, 0.05) is 67.6 Å². The number of pyridine rings is 1. The summed E-state index contributed by atoms with van der Waals surface area (Å²) in [6, 6.07) is 6.21. The molecule has 1 aliphatic heterocycles. The number of hydrogen-bond acceptors (Lipinski definition) is 3. The number of fused-ring (bicyclic) bond motifs is 1. The fourth-order valence-electron chi connectivity index (χ4n) is 4.04. The summed E-state index contributed by atoms with van der Waals surface area (Å²) in [6.07, 6.45) is 8.27. The summed E-state index contributed by atoms with van der Waals surface area (Å²) in [7, 11) is 0. The maximum Gasteiger partial charge on any atom is 0.224 e. The Hall–Kier alpha value is -2.63. The van der Waals surface area contributed by atoms with Crippen LogP contribution in [-0.4, -0.2) is 43.4 Å². The molecule has 3 aromatic heterocycles. The van der Waals surface area contributed by atoms with Crippen molar-refractivity contribution < 1.29 is 4.79 Å². The van der Waals surface area contributed by atoms with Crippen LogP contribution in [0, 0.1) is 0 Å². The molecular weight excluding hydrogens is 338 g/mol. The third kappa shape index (κ3) is 3.75. The second-order valence-corrected chi connectivity index (χ2v) is 7.73. The van der Waals surface area contributed by atoms with E-state index in [1.54, 1.807) is 6.20 Å². The minimum Gasteiger partial charge on any atom is -0.343 e. The number of H-pyrrole nitrogens is 1. The monoisotopic (exact) mass is 365 g/mol. The van der Waals surface area contributed by atoms with E-state index in [1.807, 2.05) is 23.4 Å². The number of aromatic nitrogens is 4. The molecule has 0 saturated carbocycles. The van der Waals surface area contributed by atoms with Crippen LogP contribution in [0.25, 0.3) is 11.0 Å². The first-order chi connectivity index (χ1) is 13.1. The Morgan fingerprint density at radius 1 is 1.33 bits per heavy atom. The normalized spacial score (nSPS) is 17.7. The molecule has 1 fully saturated rings. The van der Waals surface area contributed by atoms with Crippen LogP contribution in [0.1, 0.15) is 56.5 Å². The predicted molar refractivity (Wildman–Crippen MR) is 106 cm³/mol. The van der Waals surface area contributed by atoms with Crippen LogP contribution in [0.3, 0.4) is 0 Å². The molecule has 6 nitrogen and oxygen atoms in total. The highest BCUT2D eigenvalue weighted by molar-refractivity contribution is 5.77. The van der Waals surface area contributed by atoms with Crippen LogP contribution in [-0.2, 0) is 11.3 Å². The molecule has 0 bridgehead atoms. The number of amides is 1. The molecule has 1 saturated heterocycles. The molecule has 1 N–H and O–H groups in total. The number of rotatable bonds is 5. The largest absolute Gasteiger partial charge is 0.343 e. The van der Waals surface area contributed by atoms with Gasteiger partial charge in [0.2, 0.25) is 5.91 Å². The summed E-state index contributed by atoms with van der Waals surface area (Å²) in [5.41, 5.74) is 2.12. The van der Waals surface area contributed by atoms with Crippen molar-refractivity contribution >= 4 is 16.9 Å². The van der Waals surface area contributed by atoms with E-state index in [0.29, 0.717) is 24.8 Å². The molecule has 6 heteroatoms. The first-order valence-electron chi connectivity index (χ1n) is 9.84. The first kappa shape index (κ1) is 17.8. The van der Waals surface area contributed by atoms with Crippen molar-refractivity contribution in [3.05, 3.63) is 48.3 Å². The summed E-state index contributed by atoms with van der Waals surface area (Å²) in [6.45, 7) is 6.60. The molecule has 27 heavy (non-hydrogen) atoms. The molecule has 1 amide bonds. The number of aromatic amines is 1. The van der Waals surface area contributed by atoms with Gasteiger partial charge in [-0.3, -0.25) is 4.79 Å². The molecule has 1 aliphatic rings. The molecule has 1 atom stereocenters. The lowest BCUT2D eigenvalue weighted by molar-refractivity contribution is -0.132. The molecule has 0 unspecified atom stereocenters. The lowest BCUT2D eigenvalue weighted by Crippen LogP contribution is -2.39. The van der Waals surface area contributed by atoms with Crippen LogP contribution >= 0.6 is 0 Å². The van der Waals surface area contributed by atoms with Crippen LogP contribution in [0.2, 0.25) is 0 Å². The SMILES string of the molecule is CC(C)c1nccn1CCC(=O)N1CCC[C@H](c2cc3cccnc3[nH]2)C1. The third-order valence-electron chi connectivity index (χ3n) is 5.46. The second-order valence-electron chi connectivity index (χ2n) is 7.73. The van der Waals surface area contributed by atoms with Crippen LogP contribution in [0.15, 0.2) is 36.8 Å². The van der Waals surface area contributed by atoms with Gasteiger partial charge in [-0.2, -0.15) is 0 Å². The van der Waals surface area contributed by atoms with Crippen LogP contribution in [0.5, 0.6) is 0 Å². The van der Waals surface area contributed by atoms with Gasteiger partial charge in [0.1, 0.15) is 11.5 Å². The predicted octanol–water partition coefficient (Wildman–Crippen LogP) is 3.68. The van der Waals surface area contributed by atoms with Gasteiger partial charge in [-0.15, -0.1) is 0 Å². The molecule has 3 aromatic rings. The van der Waals surface area contributed by atoms with E-state index in [9.17, 15) is 4.79 Å². The van der Waals surface area contributed by atoms with E-state index in [-0.39, 0.29) is 5.91 Å². The average molecular weight is 365 g/mol. The highest BCUT2D eigenvalue weighted by Gasteiger charge is 2.26. The van der Waals surface area contributed by atoms with Gasteiger partial charge in [-0.1, -0.05) is 13.8 Å². The smallest absolute Gasteiger partial charge is 0.224 e. The van der Waals surface area contributed by atoms with Crippen molar-refractivity contribution in [1.82, 2.24) is 24.4 Å². The Bertz CT molecular complexity index is 892. The van der Waals surface area contributed by atoms with Crippen molar-refractivity contribution in [2.45, 2.75) is 51.5 Å². The number of likely N-dealkylation sites (tertiary alicyclic amines) is 1. The van der Waals surface area contributed by atoms with E-state index < -0.39 is 0 Å². The number of piperidine rings is 1. The molecular formula is C21H27N5O. The van der Waals surface area contributed by atoms with E-state index in [0.717, 1.165) is 42.8 Å². The Morgan fingerprint density at radius 2 is 2.22 bits per heavy atom. The Balaban J connectivity index is 1.40. The van der Waals surface area contributed by atoms with E-state index >= 15 is 0 Å². The second kappa shape index (κ2) is 7.55. The van der Waals surface area contributed by atoms with Gasteiger partial charge >= 0.3 is 0 Å². The minimum absolute atomic E-state index is 0.234. The zero-order valence-electron chi connectivity index (χ0n) is 16.1. The molecule has 142 valence electrons. The molecule has 4 heterocycles. The summed E-state index contributed by atoms with van der Waals surface area (Å²) in [5.74, 6) is 2.00. The number of carbonyl (C=O) groups is 1. The quantitative estimate of drug-likeness (QED) is 0.750. The Morgan fingerprint density at radius 3 is 3.04 bits per heavy atom. The van der Waals surface area contributed by atoms with Gasteiger partial charge in [-0.25, -0.2) is 9.97 Å². The fourth-order valence-corrected chi connectivity index (χ4v) is 4.04. The summed E-state index contributed by atoms with van der Waals surface area (Å²) in [5, 5.41) is 1.14. The van der Waals surface area contributed by atoms with Crippen molar-refractivity contribution in [1.29, 1.82) is 0 Å². The standard InChI is InChI=1S/C21H27N5O/c1-15(2)21-23-9-12-25(21)11-7-19(27)26-10-4-6-17(14-26)18-13-16-5-3-8-22-20(16)24-18/h3,5,8-9,12-13,15,17H,4,6-7,10-11,14H2,1-2H3,(H,22,24)/t17-/m0/s1. The fraction of sp³-hybridized carbons (Fsp3) is 0.476. The molecule has 0 aromatic carbocycles. The van der Waals surface area contributed by atoms with Crippen molar-refractivity contribution in [2.75, 3.05) is 13.1 Å². The van der Waals surface area contributed by atoms with Gasteiger partial charge in [-0.05, 0) is 31.0 Å². The van der Waals surface area contributed by atoms with E-state index in [1.165, 1.54) is 5.69 Å². The maximum atomic E-state index is 12.8. The summed E-state index contributed by atoms with van der Waals surface area (Å²) in [4.78, 5) is 27.1. The van der Waals surface area contributed by atoms with E-state index in [4.69, 9.17) is 0 Å². The number of carbonyl (C=O) groups excluding carboxylic acids is 1. The van der Waals surface area contributed by atoms with Crippen molar-refractivity contribution in [3.8, 4) is 0 Å². The van der Waals surface area contributed by atoms with Gasteiger partial charge in [0.25, 0.3) is 0 Å². The lowest BCUT2D eigenvalue weighted by atomic mass is 9.94.